The summed E-state index contributed by atoms with van der Waals surface area (Å²) < 4.78 is 5.44. The molecule has 0 aromatic rings. The fraction of sp³-hybridized carbons (Fsp3) is 0.917. The fourth-order valence-corrected chi connectivity index (χ4v) is 1.78. The highest BCUT2D eigenvalue weighted by Gasteiger charge is 2.28. The molecule has 1 amide bonds. The van der Waals surface area contributed by atoms with E-state index < -0.39 is 0 Å². The van der Waals surface area contributed by atoms with E-state index in [1.807, 2.05) is 20.9 Å². The minimum Gasteiger partial charge on any atom is -0.380 e. The predicted molar refractivity (Wildman–Crippen MR) is 64.4 cm³/mol. The maximum absolute atomic E-state index is 11.8. The normalized spacial score (nSPS) is 25.8. The molecule has 4 heteroatoms. The van der Waals surface area contributed by atoms with Crippen LogP contribution in [0.25, 0.3) is 0 Å². The zero-order chi connectivity index (χ0) is 12.2. The SMILES string of the molecule is CC(C)N(C)C(=O)CNC1(C)CCCOC1. The maximum atomic E-state index is 11.8. The number of carbonyl (C=O) groups is 1. The second kappa shape index (κ2) is 5.64. The summed E-state index contributed by atoms with van der Waals surface area (Å²) in [5.41, 5.74) is -0.0360. The van der Waals surface area contributed by atoms with Gasteiger partial charge in [0.25, 0.3) is 0 Å². The molecule has 0 aromatic heterocycles. The van der Waals surface area contributed by atoms with Crippen LogP contribution in [0.1, 0.15) is 33.6 Å². The van der Waals surface area contributed by atoms with Gasteiger partial charge in [0.05, 0.1) is 13.2 Å². The van der Waals surface area contributed by atoms with E-state index in [0.717, 1.165) is 19.4 Å². The Kier molecular flexibility index (Phi) is 4.74. The summed E-state index contributed by atoms with van der Waals surface area (Å²) in [6, 6.07) is 0.254. The van der Waals surface area contributed by atoms with Crippen molar-refractivity contribution in [3.63, 3.8) is 0 Å². The van der Waals surface area contributed by atoms with Gasteiger partial charge in [-0.05, 0) is 33.6 Å². The Bertz CT molecular complexity index is 235. The van der Waals surface area contributed by atoms with Gasteiger partial charge in [-0.3, -0.25) is 4.79 Å². The van der Waals surface area contributed by atoms with Crippen molar-refractivity contribution in [1.82, 2.24) is 10.2 Å². The molecule has 1 saturated heterocycles. The summed E-state index contributed by atoms with van der Waals surface area (Å²) in [4.78, 5) is 13.6. The Hall–Kier alpha value is -0.610. The van der Waals surface area contributed by atoms with Crippen LogP contribution in [0.2, 0.25) is 0 Å². The lowest BCUT2D eigenvalue weighted by Gasteiger charge is -2.35. The van der Waals surface area contributed by atoms with E-state index in [4.69, 9.17) is 4.74 Å². The number of hydrogen-bond donors (Lipinski definition) is 1. The van der Waals surface area contributed by atoms with Gasteiger partial charge in [-0.15, -0.1) is 0 Å². The molecule has 1 aliphatic heterocycles. The van der Waals surface area contributed by atoms with Crippen molar-refractivity contribution in [2.45, 2.75) is 45.2 Å². The number of ether oxygens (including phenoxy) is 1. The molecule has 0 spiro atoms. The number of hydrogen-bond acceptors (Lipinski definition) is 3. The minimum absolute atomic E-state index is 0.0360. The van der Waals surface area contributed by atoms with Crippen LogP contribution in [0.3, 0.4) is 0 Å². The van der Waals surface area contributed by atoms with Crippen LogP contribution in [-0.2, 0) is 9.53 Å². The van der Waals surface area contributed by atoms with Gasteiger partial charge in [0.15, 0.2) is 0 Å². The average molecular weight is 228 g/mol. The van der Waals surface area contributed by atoms with Crippen molar-refractivity contribution < 1.29 is 9.53 Å². The number of carbonyl (C=O) groups excluding carboxylic acids is 1. The van der Waals surface area contributed by atoms with Crippen molar-refractivity contribution in [2.24, 2.45) is 0 Å². The van der Waals surface area contributed by atoms with Gasteiger partial charge in [-0.25, -0.2) is 0 Å². The molecule has 4 nitrogen and oxygen atoms in total. The van der Waals surface area contributed by atoms with Crippen molar-refractivity contribution in [3.05, 3.63) is 0 Å². The van der Waals surface area contributed by atoms with Gasteiger partial charge in [0, 0.05) is 25.2 Å². The third-order valence-corrected chi connectivity index (χ3v) is 3.27. The summed E-state index contributed by atoms with van der Waals surface area (Å²) in [7, 11) is 1.84. The van der Waals surface area contributed by atoms with Gasteiger partial charge >= 0.3 is 0 Å². The predicted octanol–water partition coefficient (Wildman–Crippen LogP) is 1.01. The number of nitrogens with zero attached hydrogens (tertiary/aromatic N) is 1. The lowest BCUT2D eigenvalue weighted by Crippen LogP contribution is -2.52. The number of nitrogens with one attached hydrogen (secondary N) is 1. The summed E-state index contributed by atoms with van der Waals surface area (Å²) >= 11 is 0. The third kappa shape index (κ3) is 3.76. The first-order chi connectivity index (χ1) is 7.44. The van der Waals surface area contributed by atoms with Crippen LogP contribution >= 0.6 is 0 Å². The second-order valence-corrected chi connectivity index (χ2v) is 5.17. The molecular formula is C12H24N2O2. The largest absolute Gasteiger partial charge is 0.380 e. The number of rotatable bonds is 4. The molecular weight excluding hydrogens is 204 g/mol. The Morgan fingerprint density at radius 1 is 1.56 bits per heavy atom. The highest BCUT2D eigenvalue weighted by Crippen LogP contribution is 2.17. The Balaban J connectivity index is 2.35. The maximum Gasteiger partial charge on any atom is 0.236 e. The minimum atomic E-state index is -0.0360. The standard InChI is InChI=1S/C12H24N2O2/c1-10(2)14(4)11(15)8-13-12(3)6-5-7-16-9-12/h10,13H,5-9H2,1-4H3. The zero-order valence-electron chi connectivity index (χ0n) is 10.9. The van der Waals surface area contributed by atoms with E-state index in [-0.39, 0.29) is 17.5 Å². The lowest BCUT2D eigenvalue weighted by atomic mass is 9.95. The van der Waals surface area contributed by atoms with E-state index in [2.05, 4.69) is 12.2 Å². The van der Waals surface area contributed by atoms with Crippen LogP contribution in [0.15, 0.2) is 0 Å². The van der Waals surface area contributed by atoms with E-state index in [1.54, 1.807) is 4.90 Å². The molecule has 1 fully saturated rings. The molecule has 1 aliphatic rings. The molecule has 1 unspecified atom stereocenters. The Morgan fingerprint density at radius 3 is 2.75 bits per heavy atom. The van der Waals surface area contributed by atoms with Gasteiger partial charge in [-0.2, -0.15) is 0 Å². The molecule has 0 radical (unpaired) electrons. The molecule has 0 bridgehead atoms. The molecule has 1 N–H and O–H groups in total. The van der Waals surface area contributed by atoms with Gasteiger partial charge < -0.3 is 15.0 Å². The summed E-state index contributed by atoms with van der Waals surface area (Å²) in [5, 5.41) is 3.32. The van der Waals surface area contributed by atoms with Crippen LogP contribution < -0.4 is 5.32 Å². The van der Waals surface area contributed by atoms with E-state index >= 15 is 0 Å². The molecule has 16 heavy (non-hydrogen) atoms. The number of amides is 1. The molecule has 0 aromatic carbocycles. The van der Waals surface area contributed by atoms with E-state index in [0.29, 0.717) is 13.2 Å². The Labute approximate surface area is 98.3 Å². The molecule has 0 aliphatic carbocycles. The highest BCUT2D eigenvalue weighted by molar-refractivity contribution is 5.78. The highest BCUT2D eigenvalue weighted by atomic mass is 16.5. The van der Waals surface area contributed by atoms with E-state index in [1.165, 1.54) is 0 Å². The van der Waals surface area contributed by atoms with E-state index in [9.17, 15) is 4.79 Å². The van der Waals surface area contributed by atoms with Crippen LogP contribution in [0.4, 0.5) is 0 Å². The summed E-state index contributed by atoms with van der Waals surface area (Å²) in [5.74, 6) is 0.141. The molecule has 1 rings (SSSR count). The lowest BCUT2D eigenvalue weighted by molar-refractivity contribution is -0.131. The first-order valence-corrected chi connectivity index (χ1v) is 6.03. The smallest absolute Gasteiger partial charge is 0.236 e. The first-order valence-electron chi connectivity index (χ1n) is 6.03. The second-order valence-electron chi connectivity index (χ2n) is 5.17. The van der Waals surface area contributed by atoms with Crippen molar-refractivity contribution in [3.8, 4) is 0 Å². The third-order valence-electron chi connectivity index (χ3n) is 3.27. The molecule has 1 heterocycles. The van der Waals surface area contributed by atoms with Gasteiger partial charge in [-0.1, -0.05) is 0 Å². The summed E-state index contributed by atoms with van der Waals surface area (Å²) in [6.07, 6.45) is 2.14. The van der Waals surface area contributed by atoms with Gasteiger partial charge in [0.1, 0.15) is 0 Å². The van der Waals surface area contributed by atoms with Crippen molar-refractivity contribution >= 4 is 5.91 Å². The van der Waals surface area contributed by atoms with Crippen LogP contribution in [0, 0.1) is 0 Å². The van der Waals surface area contributed by atoms with Crippen molar-refractivity contribution in [2.75, 3.05) is 26.8 Å². The zero-order valence-corrected chi connectivity index (χ0v) is 10.9. The number of likely N-dealkylation sites (N-methyl/N-ethyl adjacent to an activating group) is 1. The van der Waals surface area contributed by atoms with Crippen LogP contribution in [0.5, 0.6) is 0 Å². The Morgan fingerprint density at radius 2 is 2.25 bits per heavy atom. The fourth-order valence-electron chi connectivity index (χ4n) is 1.78. The molecule has 0 saturated carbocycles. The topological polar surface area (TPSA) is 41.6 Å². The summed E-state index contributed by atoms with van der Waals surface area (Å²) in [6.45, 7) is 8.10. The van der Waals surface area contributed by atoms with Gasteiger partial charge in [0.2, 0.25) is 5.91 Å². The quantitative estimate of drug-likeness (QED) is 0.781. The monoisotopic (exact) mass is 228 g/mol. The average Bonchev–Trinajstić information content (AvgIpc) is 2.26. The van der Waals surface area contributed by atoms with Crippen LogP contribution in [-0.4, -0.2) is 49.2 Å². The molecule has 94 valence electrons. The molecule has 1 atom stereocenters. The van der Waals surface area contributed by atoms with Crippen molar-refractivity contribution in [1.29, 1.82) is 0 Å². The first kappa shape index (κ1) is 13.5.